The molecule has 42 heavy (non-hydrogen) atoms. The van der Waals surface area contributed by atoms with Crippen LogP contribution in [0.25, 0.3) is 5.69 Å². The Hall–Kier alpha value is -4.59. The van der Waals surface area contributed by atoms with E-state index in [1.807, 2.05) is 91.3 Å². The molecule has 2 aliphatic rings. The van der Waals surface area contributed by atoms with E-state index in [9.17, 15) is 0 Å². The van der Waals surface area contributed by atoms with Crippen molar-refractivity contribution in [1.29, 1.82) is 0 Å². The molecule has 3 heterocycles. The van der Waals surface area contributed by atoms with Crippen LogP contribution in [0.4, 0.5) is 22.9 Å². The molecule has 0 radical (unpaired) electrons. The number of hydrogen-bond donors (Lipinski definition) is 1. The standard InChI is InChI=1S/C33H26Cl2N6O/c1-3-42-26-15-13-21(14-16-26)30-29-20(2)39-41(25-9-5-4-6-10-25)32(29)38-33-31(36-24-18-22(34)17-23(35)19-24)37-27-11-7-8-12-28(27)40(30)33/h4-19,30H,3H2,1-2H3,(H,36,37)/t30-/m0/s1. The predicted octanol–water partition coefficient (Wildman–Crippen LogP) is 8.68. The number of benzene rings is 4. The van der Waals surface area contributed by atoms with Crippen molar-refractivity contribution < 1.29 is 4.74 Å². The SMILES string of the molecule is CCOc1ccc([C@H]2c3c(C)nn(-c4ccccc4)c3N=C3C(Nc4cc(Cl)cc(Cl)c4)=Nc4ccccc4N32)cc1. The number of rotatable bonds is 5. The van der Waals surface area contributed by atoms with Crippen LogP contribution in [0.15, 0.2) is 107 Å². The number of anilines is 2. The number of aromatic nitrogens is 2. The van der Waals surface area contributed by atoms with Crippen molar-refractivity contribution in [3.8, 4) is 11.4 Å². The molecule has 2 aliphatic heterocycles. The second-order valence-electron chi connectivity index (χ2n) is 10.0. The van der Waals surface area contributed by atoms with E-state index >= 15 is 0 Å². The first-order valence-corrected chi connectivity index (χ1v) is 14.4. The Balaban J connectivity index is 1.47. The lowest BCUT2D eigenvalue weighted by atomic mass is 9.93. The van der Waals surface area contributed by atoms with Crippen LogP contribution in [0.5, 0.6) is 5.75 Å². The lowest BCUT2D eigenvalue weighted by molar-refractivity contribution is 0.340. The van der Waals surface area contributed by atoms with Gasteiger partial charge in [0.25, 0.3) is 0 Å². The third kappa shape index (κ3) is 4.61. The van der Waals surface area contributed by atoms with Crippen molar-refractivity contribution in [3.63, 3.8) is 0 Å². The molecule has 0 fully saturated rings. The van der Waals surface area contributed by atoms with Crippen LogP contribution in [0.2, 0.25) is 10.0 Å². The van der Waals surface area contributed by atoms with Gasteiger partial charge >= 0.3 is 0 Å². The summed E-state index contributed by atoms with van der Waals surface area (Å²) in [6, 6.07) is 31.5. The van der Waals surface area contributed by atoms with Gasteiger partial charge in [0, 0.05) is 21.3 Å². The van der Waals surface area contributed by atoms with Gasteiger partial charge in [-0.05, 0) is 74.0 Å². The molecular formula is C33H26Cl2N6O. The molecule has 0 unspecified atom stereocenters. The summed E-state index contributed by atoms with van der Waals surface area (Å²) < 4.78 is 7.67. The minimum absolute atomic E-state index is 0.239. The molecule has 0 saturated carbocycles. The van der Waals surface area contributed by atoms with E-state index in [-0.39, 0.29) is 6.04 Å². The van der Waals surface area contributed by atoms with Crippen molar-refractivity contribution in [3.05, 3.63) is 124 Å². The molecule has 5 aromatic rings. The van der Waals surface area contributed by atoms with E-state index in [0.29, 0.717) is 34.0 Å². The van der Waals surface area contributed by atoms with E-state index in [2.05, 4.69) is 28.4 Å². The molecule has 1 atom stereocenters. The van der Waals surface area contributed by atoms with E-state index in [4.69, 9.17) is 43.0 Å². The average Bonchev–Trinajstić information content (AvgIpc) is 3.32. The highest BCUT2D eigenvalue weighted by Gasteiger charge is 2.41. The lowest BCUT2D eigenvalue weighted by Gasteiger charge is -2.40. The summed E-state index contributed by atoms with van der Waals surface area (Å²) in [4.78, 5) is 12.5. The Bertz CT molecular complexity index is 1840. The first-order valence-electron chi connectivity index (χ1n) is 13.7. The third-order valence-corrected chi connectivity index (χ3v) is 7.71. The highest BCUT2D eigenvalue weighted by atomic mass is 35.5. The fourth-order valence-corrected chi connectivity index (χ4v) is 6.06. The van der Waals surface area contributed by atoms with Gasteiger partial charge in [-0.25, -0.2) is 14.7 Å². The number of fused-ring (bicyclic) bond motifs is 4. The number of aliphatic imine (C=N–C) groups is 2. The summed E-state index contributed by atoms with van der Waals surface area (Å²) in [7, 11) is 0. The molecule has 0 aliphatic carbocycles. The largest absolute Gasteiger partial charge is 0.494 e. The minimum Gasteiger partial charge on any atom is -0.494 e. The van der Waals surface area contributed by atoms with Crippen molar-refractivity contribution in [2.75, 3.05) is 16.8 Å². The second-order valence-corrected chi connectivity index (χ2v) is 10.9. The fourth-order valence-electron chi connectivity index (χ4n) is 5.54. The maximum Gasteiger partial charge on any atom is 0.179 e. The lowest BCUT2D eigenvalue weighted by Crippen LogP contribution is -2.46. The fraction of sp³-hybridized carbons (Fsp3) is 0.121. The molecule has 9 heteroatoms. The monoisotopic (exact) mass is 592 g/mol. The summed E-state index contributed by atoms with van der Waals surface area (Å²) >= 11 is 12.7. The van der Waals surface area contributed by atoms with Gasteiger partial charge in [0.15, 0.2) is 17.5 Å². The van der Waals surface area contributed by atoms with Crippen LogP contribution in [-0.4, -0.2) is 28.1 Å². The predicted molar refractivity (Wildman–Crippen MR) is 171 cm³/mol. The normalized spacial score (nSPS) is 15.2. The molecule has 0 spiro atoms. The summed E-state index contributed by atoms with van der Waals surface area (Å²) in [6.07, 6.45) is 0. The maximum atomic E-state index is 6.36. The van der Waals surface area contributed by atoms with E-state index < -0.39 is 0 Å². The summed E-state index contributed by atoms with van der Waals surface area (Å²) in [5.41, 5.74) is 6.39. The number of nitrogens with one attached hydrogen (secondary N) is 1. The quantitative estimate of drug-likeness (QED) is 0.221. The van der Waals surface area contributed by atoms with Gasteiger partial charge in [-0.15, -0.1) is 0 Å². The highest BCUT2D eigenvalue weighted by molar-refractivity contribution is 6.52. The molecular weight excluding hydrogens is 567 g/mol. The Kier molecular flexibility index (Phi) is 6.69. The number of amidine groups is 2. The molecule has 0 bridgehead atoms. The Morgan fingerprint density at radius 2 is 1.57 bits per heavy atom. The van der Waals surface area contributed by atoms with Crippen LogP contribution < -0.4 is 15.0 Å². The number of aryl methyl sites for hydroxylation is 1. The Morgan fingerprint density at radius 1 is 0.857 bits per heavy atom. The summed E-state index contributed by atoms with van der Waals surface area (Å²) in [5.74, 6) is 2.81. The van der Waals surface area contributed by atoms with Gasteiger partial charge in [-0.1, -0.05) is 65.7 Å². The van der Waals surface area contributed by atoms with Gasteiger partial charge in [0.1, 0.15) is 5.75 Å². The second kappa shape index (κ2) is 10.7. The van der Waals surface area contributed by atoms with Crippen LogP contribution in [-0.2, 0) is 0 Å². The molecule has 0 amide bonds. The first kappa shape index (κ1) is 26.3. The zero-order chi connectivity index (χ0) is 28.8. The topological polar surface area (TPSA) is 67.0 Å². The maximum absolute atomic E-state index is 6.36. The molecule has 208 valence electrons. The molecule has 4 aromatic carbocycles. The van der Waals surface area contributed by atoms with Crippen molar-refractivity contribution in [2.24, 2.45) is 9.98 Å². The average molecular weight is 594 g/mol. The number of ether oxygens (including phenoxy) is 1. The van der Waals surface area contributed by atoms with Crippen LogP contribution in [0.3, 0.4) is 0 Å². The van der Waals surface area contributed by atoms with Gasteiger partial charge in [0.2, 0.25) is 0 Å². The van der Waals surface area contributed by atoms with Crippen molar-refractivity contribution >= 4 is 57.8 Å². The molecule has 0 saturated heterocycles. The summed E-state index contributed by atoms with van der Waals surface area (Å²) in [6.45, 7) is 4.62. The Morgan fingerprint density at radius 3 is 2.31 bits per heavy atom. The van der Waals surface area contributed by atoms with E-state index in [1.54, 1.807) is 6.07 Å². The van der Waals surface area contributed by atoms with Crippen molar-refractivity contribution in [2.45, 2.75) is 19.9 Å². The number of halogens is 2. The van der Waals surface area contributed by atoms with E-state index in [1.165, 1.54) is 0 Å². The highest BCUT2D eigenvalue weighted by Crippen LogP contribution is 2.48. The van der Waals surface area contributed by atoms with Crippen LogP contribution >= 0.6 is 23.2 Å². The Labute approximate surface area is 253 Å². The van der Waals surface area contributed by atoms with Gasteiger partial charge in [0.05, 0.1) is 35.4 Å². The first-order chi connectivity index (χ1) is 20.5. The van der Waals surface area contributed by atoms with Crippen LogP contribution in [0.1, 0.15) is 29.8 Å². The molecule has 7 nitrogen and oxygen atoms in total. The number of para-hydroxylation sites is 3. The summed E-state index contributed by atoms with van der Waals surface area (Å²) in [5, 5.41) is 9.50. The van der Waals surface area contributed by atoms with Gasteiger partial charge in [-0.3, -0.25) is 0 Å². The third-order valence-electron chi connectivity index (χ3n) is 7.27. The number of nitrogens with zero attached hydrogens (tertiary/aromatic N) is 5. The molecule has 1 N–H and O–H groups in total. The minimum atomic E-state index is -0.239. The molecule has 7 rings (SSSR count). The van der Waals surface area contributed by atoms with Crippen LogP contribution in [0, 0.1) is 6.92 Å². The molecule has 1 aromatic heterocycles. The zero-order valence-electron chi connectivity index (χ0n) is 22.9. The smallest absolute Gasteiger partial charge is 0.179 e. The van der Waals surface area contributed by atoms with Gasteiger partial charge in [-0.2, -0.15) is 5.10 Å². The number of hydrogen-bond acceptors (Lipinski definition) is 6. The van der Waals surface area contributed by atoms with E-state index in [0.717, 1.165) is 45.5 Å². The van der Waals surface area contributed by atoms with Gasteiger partial charge < -0.3 is 15.0 Å². The zero-order valence-corrected chi connectivity index (χ0v) is 24.4. The van der Waals surface area contributed by atoms with Crippen molar-refractivity contribution in [1.82, 2.24) is 9.78 Å².